The van der Waals surface area contributed by atoms with Gasteiger partial charge in [0.2, 0.25) is 0 Å². The molecule has 0 bridgehead atoms. The third kappa shape index (κ3) is 1.93. The maximum Gasteiger partial charge on any atom is 0.161 e. The van der Waals surface area contributed by atoms with E-state index in [-0.39, 0.29) is 0 Å². The maximum absolute atomic E-state index is 6.20. The molecular formula is C14H13ClN2. The molecule has 1 aromatic carbocycles. The molecule has 0 N–H and O–H groups in total. The number of aryl methyl sites for hydroxylation is 2. The van der Waals surface area contributed by atoms with Crippen LogP contribution in [0.25, 0.3) is 11.4 Å². The van der Waals surface area contributed by atoms with Crippen LogP contribution in [0.2, 0.25) is 5.15 Å². The van der Waals surface area contributed by atoms with Crippen LogP contribution in [0.3, 0.4) is 0 Å². The highest BCUT2D eigenvalue weighted by atomic mass is 35.5. The molecule has 1 aromatic heterocycles. The summed E-state index contributed by atoms with van der Waals surface area (Å²) < 4.78 is 0. The van der Waals surface area contributed by atoms with Crippen molar-refractivity contribution >= 4 is 11.6 Å². The molecule has 3 rings (SSSR count). The lowest BCUT2D eigenvalue weighted by Crippen LogP contribution is -1.97. The van der Waals surface area contributed by atoms with Crippen molar-refractivity contribution < 1.29 is 0 Å². The van der Waals surface area contributed by atoms with E-state index in [1.54, 1.807) is 0 Å². The number of aromatic nitrogens is 2. The summed E-state index contributed by atoms with van der Waals surface area (Å²) in [7, 11) is 0. The first-order chi connectivity index (χ1) is 8.24. The zero-order valence-corrected chi connectivity index (χ0v) is 10.5. The SMILES string of the molecule is Cc1ccc(-c2nc(Cl)c3c(n2)CCC3)cc1. The largest absolute Gasteiger partial charge is 0.233 e. The van der Waals surface area contributed by atoms with Crippen molar-refractivity contribution in [3.05, 3.63) is 46.2 Å². The Labute approximate surface area is 106 Å². The monoisotopic (exact) mass is 244 g/mol. The Hall–Kier alpha value is -1.41. The quantitative estimate of drug-likeness (QED) is 0.717. The van der Waals surface area contributed by atoms with Crippen molar-refractivity contribution in [3.63, 3.8) is 0 Å². The predicted molar refractivity (Wildman–Crippen MR) is 69.2 cm³/mol. The lowest BCUT2D eigenvalue weighted by Gasteiger charge is -2.05. The number of hydrogen-bond acceptors (Lipinski definition) is 2. The molecule has 0 fully saturated rings. The number of rotatable bonds is 1. The molecule has 86 valence electrons. The highest BCUT2D eigenvalue weighted by molar-refractivity contribution is 6.30. The van der Waals surface area contributed by atoms with Gasteiger partial charge in [0.25, 0.3) is 0 Å². The van der Waals surface area contributed by atoms with Gasteiger partial charge in [-0.1, -0.05) is 41.4 Å². The third-order valence-corrected chi connectivity index (χ3v) is 3.51. The molecule has 2 nitrogen and oxygen atoms in total. The fourth-order valence-electron chi connectivity index (χ4n) is 2.22. The first-order valence-corrected chi connectivity index (χ1v) is 6.24. The van der Waals surface area contributed by atoms with Crippen molar-refractivity contribution in [2.24, 2.45) is 0 Å². The molecule has 1 heterocycles. The molecule has 0 atom stereocenters. The predicted octanol–water partition coefficient (Wildman–Crippen LogP) is 3.59. The smallest absolute Gasteiger partial charge is 0.161 e. The minimum absolute atomic E-state index is 0.628. The van der Waals surface area contributed by atoms with Crippen LogP contribution in [0, 0.1) is 6.92 Å². The highest BCUT2D eigenvalue weighted by Gasteiger charge is 2.18. The van der Waals surface area contributed by atoms with E-state index >= 15 is 0 Å². The number of nitrogens with zero attached hydrogens (tertiary/aromatic N) is 2. The lowest BCUT2D eigenvalue weighted by atomic mass is 10.1. The van der Waals surface area contributed by atoms with Crippen molar-refractivity contribution in [1.82, 2.24) is 9.97 Å². The topological polar surface area (TPSA) is 25.8 Å². The van der Waals surface area contributed by atoms with Crippen LogP contribution in [0.4, 0.5) is 0 Å². The summed E-state index contributed by atoms with van der Waals surface area (Å²) in [5.74, 6) is 0.746. The van der Waals surface area contributed by atoms with Gasteiger partial charge in [-0.3, -0.25) is 0 Å². The van der Waals surface area contributed by atoms with E-state index in [9.17, 15) is 0 Å². The van der Waals surface area contributed by atoms with Gasteiger partial charge in [0.15, 0.2) is 5.82 Å². The van der Waals surface area contributed by atoms with Gasteiger partial charge >= 0.3 is 0 Å². The molecule has 0 saturated heterocycles. The van der Waals surface area contributed by atoms with Gasteiger partial charge in [-0.05, 0) is 26.2 Å². The minimum atomic E-state index is 0.628. The molecule has 17 heavy (non-hydrogen) atoms. The highest BCUT2D eigenvalue weighted by Crippen LogP contribution is 2.28. The number of fused-ring (bicyclic) bond motifs is 1. The first-order valence-electron chi connectivity index (χ1n) is 5.86. The summed E-state index contributed by atoms with van der Waals surface area (Å²) in [6.45, 7) is 2.07. The Morgan fingerprint density at radius 3 is 2.59 bits per heavy atom. The van der Waals surface area contributed by atoms with E-state index in [2.05, 4.69) is 29.0 Å². The summed E-state index contributed by atoms with van der Waals surface area (Å²) in [4.78, 5) is 9.02. The van der Waals surface area contributed by atoms with E-state index in [0.717, 1.165) is 41.9 Å². The van der Waals surface area contributed by atoms with Crippen molar-refractivity contribution in [1.29, 1.82) is 0 Å². The molecule has 0 radical (unpaired) electrons. The first kappa shape index (κ1) is 10.7. The van der Waals surface area contributed by atoms with Crippen LogP contribution in [-0.2, 0) is 12.8 Å². The minimum Gasteiger partial charge on any atom is -0.233 e. The van der Waals surface area contributed by atoms with Crippen LogP contribution in [0.5, 0.6) is 0 Å². The summed E-state index contributed by atoms with van der Waals surface area (Å²) in [6.07, 6.45) is 3.18. The average molecular weight is 245 g/mol. The van der Waals surface area contributed by atoms with Crippen LogP contribution >= 0.6 is 11.6 Å². The van der Waals surface area contributed by atoms with Crippen LogP contribution in [0.15, 0.2) is 24.3 Å². The summed E-state index contributed by atoms with van der Waals surface area (Å²) >= 11 is 6.20. The second-order valence-electron chi connectivity index (χ2n) is 4.48. The molecule has 0 spiro atoms. The molecule has 0 saturated carbocycles. The van der Waals surface area contributed by atoms with E-state index in [1.165, 1.54) is 5.56 Å². The fourth-order valence-corrected chi connectivity index (χ4v) is 2.50. The standard InChI is InChI=1S/C14H13ClN2/c1-9-5-7-10(8-6-9)14-16-12-4-2-3-11(12)13(15)17-14/h5-8H,2-4H2,1H3. The Morgan fingerprint density at radius 2 is 1.82 bits per heavy atom. The lowest BCUT2D eigenvalue weighted by molar-refractivity contribution is 0.900. The molecule has 0 amide bonds. The van der Waals surface area contributed by atoms with Gasteiger partial charge in [-0.15, -0.1) is 0 Å². The van der Waals surface area contributed by atoms with Crippen molar-refractivity contribution in [2.45, 2.75) is 26.2 Å². The van der Waals surface area contributed by atoms with Gasteiger partial charge in [0.05, 0.1) is 0 Å². The number of benzene rings is 1. The van der Waals surface area contributed by atoms with E-state index in [4.69, 9.17) is 11.6 Å². The summed E-state index contributed by atoms with van der Waals surface area (Å²) in [6, 6.07) is 8.23. The van der Waals surface area contributed by atoms with Gasteiger partial charge in [0.1, 0.15) is 5.15 Å². The van der Waals surface area contributed by atoms with Crippen LogP contribution < -0.4 is 0 Å². The normalized spacial score (nSPS) is 13.8. The number of hydrogen-bond donors (Lipinski definition) is 0. The van der Waals surface area contributed by atoms with E-state index < -0.39 is 0 Å². The molecule has 0 unspecified atom stereocenters. The van der Waals surface area contributed by atoms with Gasteiger partial charge in [-0.2, -0.15) is 0 Å². The zero-order chi connectivity index (χ0) is 11.8. The van der Waals surface area contributed by atoms with E-state index in [0.29, 0.717) is 5.15 Å². The molecule has 3 heteroatoms. The van der Waals surface area contributed by atoms with Crippen molar-refractivity contribution in [3.8, 4) is 11.4 Å². The maximum atomic E-state index is 6.20. The molecular weight excluding hydrogens is 232 g/mol. The van der Waals surface area contributed by atoms with Gasteiger partial charge in [0, 0.05) is 16.8 Å². The molecule has 1 aliphatic carbocycles. The van der Waals surface area contributed by atoms with Crippen molar-refractivity contribution in [2.75, 3.05) is 0 Å². The Kier molecular flexibility index (Phi) is 2.60. The third-order valence-electron chi connectivity index (χ3n) is 3.19. The average Bonchev–Trinajstić information content (AvgIpc) is 2.78. The Morgan fingerprint density at radius 1 is 1.06 bits per heavy atom. The Balaban J connectivity index is 2.10. The van der Waals surface area contributed by atoms with E-state index in [1.807, 2.05) is 12.1 Å². The molecule has 1 aliphatic rings. The summed E-state index contributed by atoms with van der Waals surface area (Å²) in [5.41, 5.74) is 4.54. The fraction of sp³-hybridized carbons (Fsp3) is 0.286. The summed E-state index contributed by atoms with van der Waals surface area (Å²) in [5, 5.41) is 0.628. The molecule has 0 aliphatic heterocycles. The van der Waals surface area contributed by atoms with Gasteiger partial charge < -0.3 is 0 Å². The molecule has 2 aromatic rings. The zero-order valence-electron chi connectivity index (χ0n) is 9.70. The second kappa shape index (κ2) is 4.11. The second-order valence-corrected chi connectivity index (χ2v) is 4.84. The number of halogens is 1. The Bertz CT molecular complexity index is 561. The van der Waals surface area contributed by atoms with Crippen LogP contribution in [-0.4, -0.2) is 9.97 Å². The van der Waals surface area contributed by atoms with Crippen LogP contribution in [0.1, 0.15) is 23.2 Å². The van der Waals surface area contributed by atoms with Gasteiger partial charge in [-0.25, -0.2) is 9.97 Å².